The molecule has 1 spiro atoms. The van der Waals surface area contributed by atoms with Gasteiger partial charge in [0.25, 0.3) is 0 Å². The van der Waals surface area contributed by atoms with Gasteiger partial charge in [0.1, 0.15) is 11.4 Å². The van der Waals surface area contributed by atoms with Crippen LogP contribution in [-0.2, 0) is 0 Å². The van der Waals surface area contributed by atoms with E-state index in [1.54, 1.807) is 6.07 Å². The number of hydrogen-bond donors (Lipinski definition) is 1. The van der Waals surface area contributed by atoms with Crippen LogP contribution in [0.4, 0.5) is 0 Å². The van der Waals surface area contributed by atoms with Crippen LogP contribution in [0.1, 0.15) is 31.2 Å². The van der Waals surface area contributed by atoms with Crippen LogP contribution in [0.2, 0.25) is 5.02 Å². The van der Waals surface area contributed by atoms with Crippen molar-refractivity contribution >= 4 is 17.3 Å². The van der Waals surface area contributed by atoms with Gasteiger partial charge in [-0.2, -0.15) is 0 Å². The molecule has 0 unspecified atom stereocenters. The van der Waals surface area contributed by atoms with Crippen LogP contribution in [0.25, 0.3) is 0 Å². The number of fused-ring (bicyclic) bond motifs is 1. The van der Waals surface area contributed by atoms with E-state index in [2.05, 4.69) is 5.16 Å². The van der Waals surface area contributed by atoms with Gasteiger partial charge in [-0.05, 0) is 31.4 Å². The first-order valence-corrected chi connectivity index (χ1v) is 5.81. The summed E-state index contributed by atoms with van der Waals surface area (Å²) in [5.74, 6) is 0.669. The molecule has 0 bridgehead atoms. The molecule has 16 heavy (non-hydrogen) atoms. The molecule has 84 valence electrons. The number of nitrogens with zero attached hydrogens (tertiary/aromatic N) is 1. The molecule has 1 fully saturated rings. The zero-order valence-corrected chi connectivity index (χ0v) is 9.50. The number of ether oxygens (including phenoxy) is 1. The molecule has 2 aliphatic rings. The number of halogens is 1. The van der Waals surface area contributed by atoms with E-state index in [4.69, 9.17) is 21.5 Å². The normalized spacial score (nSPS) is 23.7. The van der Waals surface area contributed by atoms with Crippen molar-refractivity contribution in [2.24, 2.45) is 5.16 Å². The van der Waals surface area contributed by atoms with Crippen molar-refractivity contribution in [2.75, 3.05) is 0 Å². The standard InChI is InChI=1S/C12H12ClNO2/c13-9-4-1-3-8-10(14-15)7-12(5-2-6-12)16-11(8)9/h1,3-4,15H,2,5-7H2/b14-10-. The van der Waals surface area contributed by atoms with Crippen LogP contribution < -0.4 is 4.74 Å². The zero-order chi connectivity index (χ0) is 11.2. The lowest BCUT2D eigenvalue weighted by atomic mass is 9.74. The second-order valence-corrected chi connectivity index (χ2v) is 4.89. The van der Waals surface area contributed by atoms with Crippen molar-refractivity contribution in [3.05, 3.63) is 28.8 Å². The third kappa shape index (κ3) is 1.31. The first-order valence-electron chi connectivity index (χ1n) is 5.43. The summed E-state index contributed by atoms with van der Waals surface area (Å²) in [4.78, 5) is 0. The molecule has 1 heterocycles. The molecule has 1 aromatic carbocycles. The topological polar surface area (TPSA) is 41.8 Å². The average molecular weight is 238 g/mol. The fourth-order valence-corrected chi connectivity index (χ4v) is 2.65. The largest absolute Gasteiger partial charge is 0.485 e. The summed E-state index contributed by atoms with van der Waals surface area (Å²) >= 11 is 6.11. The molecule has 1 aromatic rings. The van der Waals surface area contributed by atoms with Crippen LogP contribution >= 0.6 is 11.6 Å². The fraction of sp³-hybridized carbons (Fsp3) is 0.417. The lowest BCUT2D eigenvalue weighted by Crippen LogP contribution is -2.47. The molecule has 1 saturated carbocycles. The predicted octanol–water partition coefficient (Wildman–Crippen LogP) is 3.22. The minimum Gasteiger partial charge on any atom is -0.485 e. The minimum atomic E-state index is -0.167. The molecule has 0 amide bonds. The fourth-order valence-electron chi connectivity index (χ4n) is 2.43. The van der Waals surface area contributed by atoms with Crippen LogP contribution in [0.3, 0.4) is 0 Å². The van der Waals surface area contributed by atoms with Crippen LogP contribution in [0, 0.1) is 0 Å². The second kappa shape index (κ2) is 3.39. The highest BCUT2D eigenvalue weighted by molar-refractivity contribution is 6.33. The molecule has 1 N–H and O–H groups in total. The van der Waals surface area contributed by atoms with E-state index in [-0.39, 0.29) is 5.60 Å². The molecular weight excluding hydrogens is 226 g/mol. The van der Waals surface area contributed by atoms with Gasteiger partial charge in [0.2, 0.25) is 0 Å². The SMILES string of the molecule is O/N=C1/CC2(CCC2)Oc2c(Cl)cccc21. The summed E-state index contributed by atoms with van der Waals surface area (Å²) in [5, 5.41) is 13.0. The lowest BCUT2D eigenvalue weighted by molar-refractivity contribution is -0.00535. The second-order valence-electron chi connectivity index (χ2n) is 4.48. The summed E-state index contributed by atoms with van der Waals surface area (Å²) in [6.07, 6.45) is 3.86. The van der Waals surface area contributed by atoms with E-state index >= 15 is 0 Å². The Labute approximate surface area is 98.7 Å². The van der Waals surface area contributed by atoms with Crippen molar-refractivity contribution in [1.82, 2.24) is 0 Å². The lowest BCUT2D eigenvalue weighted by Gasteiger charge is -2.45. The summed E-state index contributed by atoms with van der Waals surface area (Å²) in [5.41, 5.74) is 1.33. The molecule has 3 rings (SSSR count). The Kier molecular flexibility index (Phi) is 2.11. The van der Waals surface area contributed by atoms with Gasteiger partial charge in [-0.15, -0.1) is 0 Å². The number of hydrogen-bond acceptors (Lipinski definition) is 3. The highest BCUT2D eigenvalue weighted by atomic mass is 35.5. The van der Waals surface area contributed by atoms with Crippen molar-refractivity contribution in [2.45, 2.75) is 31.3 Å². The van der Waals surface area contributed by atoms with E-state index in [1.807, 2.05) is 12.1 Å². The number of oxime groups is 1. The Bertz CT molecular complexity index is 466. The summed E-state index contributed by atoms with van der Waals surface area (Å²) in [6, 6.07) is 5.52. The smallest absolute Gasteiger partial charge is 0.147 e. The maximum atomic E-state index is 9.07. The molecule has 1 aliphatic carbocycles. The van der Waals surface area contributed by atoms with Crippen LogP contribution in [0.5, 0.6) is 5.75 Å². The average Bonchev–Trinajstić information content (AvgIpc) is 2.26. The third-order valence-electron chi connectivity index (χ3n) is 3.47. The monoisotopic (exact) mass is 237 g/mol. The molecule has 0 radical (unpaired) electrons. The maximum absolute atomic E-state index is 9.07. The summed E-state index contributed by atoms with van der Waals surface area (Å²) in [6.45, 7) is 0. The molecule has 1 aliphatic heterocycles. The summed E-state index contributed by atoms with van der Waals surface area (Å²) < 4.78 is 5.99. The summed E-state index contributed by atoms with van der Waals surface area (Å²) in [7, 11) is 0. The van der Waals surface area contributed by atoms with Gasteiger partial charge in [-0.25, -0.2) is 0 Å². The van der Waals surface area contributed by atoms with Crippen molar-refractivity contribution < 1.29 is 9.94 Å². The van der Waals surface area contributed by atoms with Crippen molar-refractivity contribution in [1.29, 1.82) is 0 Å². The molecule has 3 nitrogen and oxygen atoms in total. The Morgan fingerprint density at radius 3 is 2.81 bits per heavy atom. The third-order valence-corrected chi connectivity index (χ3v) is 3.77. The molecule has 0 aromatic heterocycles. The van der Waals surface area contributed by atoms with Gasteiger partial charge in [-0.3, -0.25) is 0 Å². The zero-order valence-electron chi connectivity index (χ0n) is 8.74. The van der Waals surface area contributed by atoms with Crippen LogP contribution in [-0.4, -0.2) is 16.5 Å². The first kappa shape index (κ1) is 9.97. The predicted molar refractivity (Wildman–Crippen MR) is 61.6 cm³/mol. The van der Waals surface area contributed by atoms with Gasteiger partial charge < -0.3 is 9.94 Å². The Hall–Kier alpha value is -1.22. The van der Waals surface area contributed by atoms with Gasteiger partial charge in [0.15, 0.2) is 0 Å². The number of para-hydroxylation sites is 1. The van der Waals surface area contributed by atoms with E-state index in [0.717, 1.165) is 18.4 Å². The van der Waals surface area contributed by atoms with Crippen molar-refractivity contribution in [3.8, 4) is 5.75 Å². The van der Waals surface area contributed by atoms with E-state index in [0.29, 0.717) is 22.9 Å². The quantitative estimate of drug-likeness (QED) is 0.556. The highest BCUT2D eigenvalue weighted by Gasteiger charge is 2.45. The molecule has 0 saturated heterocycles. The first-order chi connectivity index (χ1) is 7.74. The van der Waals surface area contributed by atoms with E-state index in [1.165, 1.54) is 6.42 Å². The van der Waals surface area contributed by atoms with E-state index in [9.17, 15) is 0 Å². The van der Waals surface area contributed by atoms with Gasteiger partial charge in [-0.1, -0.05) is 22.8 Å². The molecule has 4 heteroatoms. The molecule has 0 atom stereocenters. The molecular formula is C12H12ClNO2. The maximum Gasteiger partial charge on any atom is 0.147 e. The Morgan fingerprint density at radius 2 is 2.19 bits per heavy atom. The van der Waals surface area contributed by atoms with Crippen LogP contribution in [0.15, 0.2) is 23.4 Å². The van der Waals surface area contributed by atoms with Crippen molar-refractivity contribution in [3.63, 3.8) is 0 Å². The van der Waals surface area contributed by atoms with E-state index < -0.39 is 0 Å². The Morgan fingerprint density at radius 1 is 1.38 bits per heavy atom. The van der Waals surface area contributed by atoms with Gasteiger partial charge in [0.05, 0.1) is 10.7 Å². The van der Waals surface area contributed by atoms with Gasteiger partial charge in [0, 0.05) is 12.0 Å². The number of rotatable bonds is 0. The Balaban J connectivity index is 2.12. The highest BCUT2D eigenvalue weighted by Crippen LogP contribution is 2.47. The number of benzene rings is 1. The minimum absolute atomic E-state index is 0.167. The van der Waals surface area contributed by atoms with Gasteiger partial charge >= 0.3 is 0 Å².